The SMILES string of the molecule is COc1cccc([C@@H](c2nnnn2-c2c(C)cccc2C)N2CCN(CC=Cc3ccccc3)CC2)c1. The van der Waals surface area contributed by atoms with Crippen molar-refractivity contribution in [1.29, 1.82) is 0 Å². The highest BCUT2D eigenvalue weighted by Crippen LogP contribution is 2.32. The molecule has 190 valence electrons. The van der Waals surface area contributed by atoms with Crippen molar-refractivity contribution in [3.63, 3.8) is 0 Å². The number of ether oxygens (including phenoxy) is 1. The van der Waals surface area contributed by atoms with E-state index in [1.807, 2.05) is 22.9 Å². The lowest BCUT2D eigenvalue weighted by atomic mass is 10.0. The quantitative estimate of drug-likeness (QED) is 0.354. The molecule has 4 aromatic rings. The molecule has 0 bridgehead atoms. The fraction of sp³-hybridized carbons (Fsp3) is 0.300. The predicted octanol–water partition coefficient (Wildman–Crippen LogP) is 4.71. The first kappa shape index (κ1) is 24.9. The van der Waals surface area contributed by atoms with Crippen LogP contribution in [0.15, 0.2) is 78.9 Å². The monoisotopic (exact) mass is 494 g/mol. The smallest absolute Gasteiger partial charge is 0.178 e. The van der Waals surface area contributed by atoms with Gasteiger partial charge in [0.2, 0.25) is 0 Å². The van der Waals surface area contributed by atoms with E-state index >= 15 is 0 Å². The number of para-hydroxylation sites is 1. The van der Waals surface area contributed by atoms with Gasteiger partial charge < -0.3 is 4.74 Å². The van der Waals surface area contributed by atoms with Crippen LogP contribution in [0.5, 0.6) is 5.75 Å². The number of methoxy groups -OCH3 is 1. The zero-order chi connectivity index (χ0) is 25.6. The second kappa shape index (κ2) is 11.5. The Balaban J connectivity index is 1.41. The zero-order valence-corrected chi connectivity index (χ0v) is 21.8. The normalized spacial score (nSPS) is 15.8. The summed E-state index contributed by atoms with van der Waals surface area (Å²) >= 11 is 0. The van der Waals surface area contributed by atoms with E-state index in [0.29, 0.717) is 0 Å². The Morgan fingerprint density at radius 3 is 2.35 bits per heavy atom. The van der Waals surface area contributed by atoms with Crippen LogP contribution in [0.4, 0.5) is 0 Å². The third-order valence-corrected chi connectivity index (χ3v) is 7.04. The number of hydrogen-bond acceptors (Lipinski definition) is 6. The fourth-order valence-electron chi connectivity index (χ4n) is 5.10. The standard InChI is InChI=1S/C30H34N6O/c1-23-10-7-11-24(2)28(23)36-30(31-32-33-36)29(26-15-8-16-27(22-26)37-3)35-20-18-34(19-21-35)17-9-14-25-12-5-4-6-13-25/h4-16,22,29H,17-21H2,1-3H3/t29-/m0/s1. The molecule has 1 fully saturated rings. The third-order valence-electron chi connectivity index (χ3n) is 7.04. The molecule has 7 nitrogen and oxygen atoms in total. The largest absolute Gasteiger partial charge is 0.497 e. The third kappa shape index (κ3) is 5.63. The molecular formula is C30H34N6O. The highest BCUT2D eigenvalue weighted by Gasteiger charge is 2.31. The lowest BCUT2D eigenvalue weighted by Gasteiger charge is -2.38. The van der Waals surface area contributed by atoms with Crippen LogP contribution in [0.25, 0.3) is 11.8 Å². The van der Waals surface area contributed by atoms with E-state index < -0.39 is 0 Å². The minimum absolute atomic E-state index is 0.0916. The molecule has 0 aliphatic carbocycles. The molecule has 1 saturated heterocycles. The predicted molar refractivity (Wildman–Crippen MR) is 147 cm³/mol. The van der Waals surface area contributed by atoms with Crippen molar-refractivity contribution >= 4 is 6.08 Å². The molecule has 37 heavy (non-hydrogen) atoms. The molecule has 0 saturated carbocycles. The number of tetrazole rings is 1. The van der Waals surface area contributed by atoms with Crippen molar-refractivity contribution in [2.75, 3.05) is 39.8 Å². The number of rotatable bonds is 8. The summed E-state index contributed by atoms with van der Waals surface area (Å²) in [7, 11) is 1.70. The van der Waals surface area contributed by atoms with Crippen LogP contribution < -0.4 is 4.74 Å². The number of aromatic nitrogens is 4. The van der Waals surface area contributed by atoms with E-state index in [4.69, 9.17) is 4.74 Å². The van der Waals surface area contributed by atoms with Gasteiger partial charge in [-0.2, -0.15) is 4.68 Å². The van der Waals surface area contributed by atoms with Crippen molar-refractivity contribution in [3.05, 3.63) is 107 Å². The Morgan fingerprint density at radius 1 is 0.892 bits per heavy atom. The minimum atomic E-state index is -0.0916. The summed E-state index contributed by atoms with van der Waals surface area (Å²) in [6.07, 6.45) is 4.45. The van der Waals surface area contributed by atoms with Crippen LogP contribution in [0.1, 0.15) is 34.1 Å². The molecule has 1 aliphatic rings. The van der Waals surface area contributed by atoms with Gasteiger partial charge in [0.05, 0.1) is 18.8 Å². The summed E-state index contributed by atoms with van der Waals surface area (Å²) in [6.45, 7) is 8.94. The van der Waals surface area contributed by atoms with Crippen LogP contribution in [-0.4, -0.2) is 69.8 Å². The average Bonchev–Trinajstić information content (AvgIpc) is 3.39. The van der Waals surface area contributed by atoms with E-state index in [0.717, 1.165) is 66.7 Å². The maximum atomic E-state index is 5.57. The van der Waals surface area contributed by atoms with Gasteiger partial charge in [-0.25, -0.2) is 0 Å². The van der Waals surface area contributed by atoms with Crippen LogP contribution >= 0.6 is 0 Å². The number of hydrogen-bond donors (Lipinski definition) is 0. The van der Waals surface area contributed by atoms with Crippen molar-refractivity contribution in [2.45, 2.75) is 19.9 Å². The van der Waals surface area contributed by atoms with Gasteiger partial charge in [-0.15, -0.1) is 5.10 Å². The summed E-state index contributed by atoms with van der Waals surface area (Å²) in [6, 6.07) is 24.9. The van der Waals surface area contributed by atoms with Crippen LogP contribution in [-0.2, 0) is 0 Å². The molecule has 0 spiro atoms. The molecule has 1 atom stereocenters. The van der Waals surface area contributed by atoms with Gasteiger partial charge in [-0.3, -0.25) is 9.80 Å². The Hall–Kier alpha value is -3.81. The van der Waals surface area contributed by atoms with Gasteiger partial charge in [0, 0.05) is 32.7 Å². The van der Waals surface area contributed by atoms with E-state index in [1.165, 1.54) is 5.56 Å². The van der Waals surface area contributed by atoms with Gasteiger partial charge in [-0.05, 0) is 58.7 Å². The summed E-state index contributed by atoms with van der Waals surface area (Å²) < 4.78 is 7.49. The molecule has 0 radical (unpaired) electrons. The second-order valence-electron chi connectivity index (χ2n) is 9.52. The Bertz CT molecular complexity index is 1320. The number of nitrogens with zero attached hydrogens (tertiary/aromatic N) is 6. The molecular weight excluding hydrogens is 460 g/mol. The fourth-order valence-corrected chi connectivity index (χ4v) is 5.10. The summed E-state index contributed by atoms with van der Waals surface area (Å²) in [4.78, 5) is 4.98. The average molecular weight is 495 g/mol. The lowest BCUT2D eigenvalue weighted by Crippen LogP contribution is -2.48. The molecule has 0 N–H and O–H groups in total. The maximum absolute atomic E-state index is 5.57. The lowest BCUT2D eigenvalue weighted by molar-refractivity contribution is 0.113. The second-order valence-corrected chi connectivity index (χ2v) is 9.52. The Kier molecular flexibility index (Phi) is 7.73. The first-order valence-corrected chi connectivity index (χ1v) is 12.8. The highest BCUT2D eigenvalue weighted by molar-refractivity contribution is 5.49. The molecule has 2 heterocycles. The number of piperazine rings is 1. The van der Waals surface area contributed by atoms with Crippen molar-refractivity contribution < 1.29 is 4.74 Å². The zero-order valence-electron chi connectivity index (χ0n) is 21.8. The molecule has 0 unspecified atom stereocenters. The molecule has 7 heteroatoms. The first-order chi connectivity index (χ1) is 18.1. The summed E-state index contributed by atoms with van der Waals surface area (Å²) in [5, 5.41) is 13.2. The number of aryl methyl sites for hydroxylation is 2. The van der Waals surface area contributed by atoms with E-state index in [9.17, 15) is 0 Å². The maximum Gasteiger partial charge on any atom is 0.178 e. The Labute approximate surface area is 219 Å². The first-order valence-electron chi connectivity index (χ1n) is 12.8. The van der Waals surface area contributed by atoms with Crippen molar-refractivity contribution in [3.8, 4) is 11.4 Å². The molecule has 1 aromatic heterocycles. The Morgan fingerprint density at radius 2 is 1.62 bits per heavy atom. The van der Waals surface area contributed by atoms with Crippen LogP contribution in [0.3, 0.4) is 0 Å². The molecule has 1 aliphatic heterocycles. The molecule has 3 aromatic carbocycles. The van der Waals surface area contributed by atoms with E-state index in [-0.39, 0.29) is 6.04 Å². The van der Waals surface area contributed by atoms with Crippen LogP contribution in [0.2, 0.25) is 0 Å². The van der Waals surface area contributed by atoms with Crippen LogP contribution in [0, 0.1) is 13.8 Å². The van der Waals surface area contributed by atoms with E-state index in [1.54, 1.807) is 7.11 Å². The van der Waals surface area contributed by atoms with Gasteiger partial charge in [0.1, 0.15) is 5.75 Å². The highest BCUT2D eigenvalue weighted by atomic mass is 16.5. The topological polar surface area (TPSA) is 59.3 Å². The van der Waals surface area contributed by atoms with Crippen molar-refractivity contribution in [2.24, 2.45) is 0 Å². The van der Waals surface area contributed by atoms with Gasteiger partial charge in [0.25, 0.3) is 0 Å². The molecule has 0 amide bonds. The number of benzene rings is 3. The van der Waals surface area contributed by atoms with Gasteiger partial charge in [0.15, 0.2) is 5.82 Å². The van der Waals surface area contributed by atoms with Crippen molar-refractivity contribution in [1.82, 2.24) is 30.0 Å². The summed E-state index contributed by atoms with van der Waals surface area (Å²) in [5.74, 6) is 1.65. The van der Waals surface area contributed by atoms with Gasteiger partial charge in [-0.1, -0.05) is 72.8 Å². The summed E-state index contributed by atoms with van der Waals surface area (Å²) in [5.41, 5.74) is 5.69. The minimum Gasteiger partial charge on any atom is -0.497 e. The molecule has 5 rings (SSSR count). The van der Waals surface area contributed by atoms with E-state index in [2.05, 4.69) is 106 Å². The van der Waals surface area contributed by atoms with Gasteiger partial charge >= 0.3 is 0 Å².